The summed E-state index contributed by atoms with van der Waals surface area (Å²) in [5, 5.41) is 20.5. The Balaban J connectivity index is 1.76. The summed E-state index contributed by atoms with van der Waals surface area (Å²) in [6.45, 7) is -1.72. The van der Waals surface area contributed by atoms with Crippen molar-refractivity contribution >= 4 is 29.4 Å². The first-order chi connectivity index (χ1) is 15.7. The predicted molar refractivity (Wildman–Crippen MR) is 101 cm³/mol. The van der Waals surface area contributed by atoms with E-state index in [9.17, 15) is 48.1 Å². The number of nitrogens with zero attached hydrogens (tertiary/aromatic N) is 1. The van der Waals surface area contributed by atoms with Crippen LogP contribution in [0.3, 0.4) is 0 Å². The van der Waals surface area contributed by atoms with Crippen LogP contribution >= 0.6 is 23.5 Å². The van der Waals surface area contributed by atoms with Crippen molar-refractivity contribution < 1.29 is 70.2 Å². The lowest BCUT2D eigenvalue weighted by atomic mass is 10.1. The van der Waals surface area contributed by atoms with Gasteiger partial charge in [-0.2, -0.15) is 12.9 Å². The van der Waals surface area contributed by atoms with E-state index in [4.69, 9.17) is 9.47 Å². The number of aromatic nitrogens is 2. The number of aliphatic hydroxyl groups excluding tert-OH is 2. The second-order valence-electron chi connectivity index (χ2n) is 6.50. The van der Waals surface area contributed by atoms with Gasteiger partial charge in [-0.05, 0) is 0 Å². The average molecular weight is 554 g/mol. The Hall–Kier alpha value is -1.72. The van der Waals surface area contributed by atoms with Gasteiger partial charge < -0.3 is 34.2 Å². The molecule has 0 spiro atoms. The van der Waals surface area contributed by atoms with Crippen LogP contribution in [0.2, 0.25) is 0 Å². The summed E-state index contributed by atoms with van der Waals surface area (Å²) < 4.78 is 66.8. The SMILES string of the molecule is COC(=O)COc1cn([C@@H]2O[C@H](COP3(=O)OP(=O)(O)OP(=O)(O)O3)C(O)C2O)c(=O)[nH]c1=O. The minimum atomic E-state index is -5.32. The van der Waals surface area contributed by atoms with E-state index in [0.717, 1.165) is 13.3 Å². The van der Waals surface area contributed by atoms with Gasteiger partial charge in [-0.25, -0.2) is 23.3 Å². The molecule has 1 aromatic heterocycles. The number of aliphatic hydroxyl groups is 2. The third-order valence-corrected chi connectivity index (χ3v) is 9.50. The molecule has 19 nitrogen and oxygen atoms in total. The molecule has 4 unspecified atom stereocenters. The minimum absolute atomic E-state index is 0.555. The highest BCUT2D eigenvalue weighted by Crippen LogP contribution is 2.80. The molecule has 192 valence electrons. The number of ether oxygens (including phenoxy) is 3. The highest BCUT2D eigenvalue weighted by atomic mass is 31.3. The fourth-order valence-electron chi connectivity index (χ4n) is 2.69. The number of methoxy groups -OCH3 is 1. The summed E-state index contributed by atoms with van der Waals surface area (Å²) in [6.07, 6.45) is -6.26. The summed E-state index contributed by atoms with van der Waals surface area (Å²) in [7, 11) is -14.8. The molecule has 3 heterocycles. The molecule has 3 rings (SSSR count). The molecule has 0 amide bonds. The topological polar surface area (TPSA) is 269 Å². The van der Waals surface area contributed by atoms with E-state index >= 15 is 0 Å². The minimum Gasteiger partial charge on any atom is -0.475 e. The standard InChI is InChI=1S/C12H17N2O17P3/c1-25-7(15)4-26-5-2-14(12(19)13-10(5)18)11-9(17)8(16)6(28-11)3-27-34(24)30-32(20,21)29-33(22,23)31-34/h2,6,8-9,11,16-17H,3-4H2,1H3,(H,20,21)(H,22,23)(H,13,18,19)/t6-,8?,9?,11-/m1/s1. The van der Waals surface area contributed by atoms with E-state index in [0.29, 0.717) is 4.57 Å². The van der Waals surface area contributed by atoms with Crippen molar-refractivity contribution in [3.63, 3.8) is 0 Å². The first kappa shape index (κ1) is 26.9. The van der Waals surface area contributed by atoms with E-state index in [1.54, 1.807) is 0 Å². The lowest BCUT2D eigenvalue weighted by Crippen LogP contribution is -2.38. The van der Waals surface area contributed by atoms with Crippen LogP contribution in [0.4, 0.5) is 0 Å². The number of rotatable bonds is 7. The molecule has 2 aliphatic rings. The van der Waals surface area contributed by atoms with Gasteiger partial charge in [0, 0.05) is 0 Å². The molecule has 0 aliphatic carbocycles. The van der Waals surface area contributed by atoms with Gasteiger partial charge in [-0.3, -0.25) is 18.9 Å². The van der Waals surface area contributed by atoms with E-state index < -0.39 is 84.2 Å². The highest BCUT2D eigenvalue weighted by molar-refractivity contribution is 7.74. The summed E-state index contributed by atoms with van der Waals surface area (Å²) >= 11 is 0. The van der Waals surface area contributed by atoms with Crippen molar-refractivity contribution in [3.05, 3.63) is 27.0 Å². The van der Waals surface area contributed by atoms with E-state index in [1.165, 1.54) is 0 Å². The number of hydrogen-bond acceptors (Lipinski definition) is 15. The first-order valence-electron chi connectivity index (χ1n) is 8.76. The summed E-state index contributed by atoms with van der Waals surface area (Å²) in [5.41, 5.74) is -2.16. The van der Waals surface area contributed by atoms with Crippen molar-refractivity contribution in [2.45, 2.75) is 24.5 Å². The van der Waals surface area contributed by atoms with Crippen molar-refractivity contribution in [1.29, 1.82) is 0 Å². The lowest BCUT2D eigenvalue weighted by Gasteiger charge is -2.27. The molecule has 6 atom stereocenters. The maximum atomic E-state index is 12.3. The normalized spacial score (nSPS) is 37.9. The number of carbonyl (C=O) groups is 1. The number of aromatic amines is 1. The second kappa shape index (κ2) is 9.73. The van der Waals surface area contributed by atoms with E-state index in [1.807, 2.05) is 4.98 Å². The van der Waals surface area contributed by atoms with Crippen molar-refractivity contribution in [3.8, 4) is 5.75 Å². The van der Waals surface area contributed by atoms with Crippen LogP contribution in [0, 0.1) is 0 Å². The van der Waals surface area contributed by atoms with Crippen LogP contribution in [0.15, 0.2) is 15.8 Å². The summed E-state index contributed by atoms with van der Waals surface area (Å²) in [6, 6.07) is 0. The van der Waals surface area contributed by atoms with Gasteiger partial charge in [-0.1, -0.05) is 0 Å². The Bertz CT molecular complexity index is 1180. The van der Waals surface area contributed by atoms with Crippen LogP contribution in [-0.4, -0.2) is 74.2 Å². The van der Waals surface area contributed by atoms with Gasteiger partial charge in [-0.15, -0.1) is 0 Å². The average Bonchev–Trinajstić information content (AvgIpc) is 2.97. The largest absolute Gasteiger partial charge is 0.492 e. The van der Waals surface area contributed by atoms with Crippen molar-refractivity contribution in [1.82, 2.24) is 9.55 Å². The van der Waals surface area contributed by atoms with Crippen LogP contribution < -0.4 is 16.0 Å². The van der Waals surface area contributed by atoms with Gasteiger partial charge >= 0.3 is 35.1 Å². The van der Waals surface area contributed by atoms with Crippen LogP contribution in [0.25, 0.3) is 0 Å². The number of phosphoric acid groups is 3. The molecular weight excluding hydrogens is 537 g/mol. The molecule has 0 aromatic carbocycles. The van der Waals surface area contributed by atoms with Gasteiger partial charge in [0.1, 0.15) is 18.3 Å². The van der Waals surface area contributed by atoms with Crippen molar-refractivity contribution in [2.24, 2.45) is 0 Å². The smallest absolute Gasteiger partial charge is 0.475 e. The van der Waals surface area contributed by atoms with Gasteiger partial charge in [0.25, 0.3) is 5.56 Å². The molecule has 2 fully saturated rings. The molecule has 0 radical (unpaired) electrons. The fourth-order valence-corrected chi connectivity index (χ4v) is 7.63. The molecule has 0 bridgehead atoms. The maximum Gasteiger partial charge on any atom is 0.492 e. The zero-order chi connectivity index (χ0) is 25.5. The number of carbonyl (C=O) groups excluding carboxylic acids is 1. The first-order valence-corrected chi connectivity index (χ1v) is 13.2. The molecule has 5 N–H and O–H groups in total. The third-order valence-electron chi connectivity index (χ3n) is 4.13. The molecule has 2 aliphatic heterocycles. The zero-order valence-corrected chi connectivity index (χ0v) is 19.4. The number of H-pyrrole nitrogens is 1. The quantitative estimate of drug-likeness (QED) is 0.182. The molecule has 22 heteroatoms. The number of hydrogen-bond donors (Lipinski definition) is 5. The monoisotopic (exact) mass is 554 g/mol. The fraction of sp³-hybridized carbons (Fsp3) is 0.583. The second-order valence-corrected chi connectivity index (χ2v) is 11.5. The van der Waals surface area contributed by atoms with Crippen LogP contribution in [0.1, 0.15) is 6.23 Å². The Kier molecular flexibility index (Phi) is 7.69. The highest BCUT2D eigenvalue weighted by Gasteiger charge is 2.55. The molecular formula is C12H17N2O17P3. The molecule has 1 aromatic rings. The third kappa shape index (κ3) is 6.09. The van der Waals surface area contributed by atoms with Crippen LogP contribution in [0.5, 0.6) is 5.75 Å². The molecule has 34 heavy (non-hydrogen) atoms. The Morgan fingerprint density at radius 3 is 2.32 bits per heavy atom. The summed E-state index contributed by atoms with van der Waals surface area (Å²) in [5.74, 6) is -1.41. The number of esters is 1. The van der Waals surface area contributed by atoms with E-state index in [-0.39, 0.29) is 0 Å². The van der Waals surface area contributed by atoms with Gasteiger partial charge in [0.15, 0.2) is 12.8 Å². The summed E-state index contributed by atoms with van der Waals surface area (Å²) in [4.78, 5) is 55.5. The van der Waals surface area contributed by atoms with Crippen molar-refractivity contribution in [2.75, 3.05) is 20.3 Å². The van der Waals surface area contributed by atoms with Gasteiger partial charge in [0.05, 0.1) is 19.9 Å². The zero-order valence-electron chi connectivity index (χ0n) is 16.7. The number of nitrogens with one attached hydrogen (secondary N) is 1. The van der Waals surface area contributed by atoms with Gasteiger partial charge in [0.2, 0.25) is 5.75 Å². The molecule has 2 saturated heterocycles. The predicted octanol–water partition coefficient (Wildman–Crippen LogP) is -1.90. The Labute approximate surface area is 187 Å². The molecule has 0 saturated carbocycles. The van der Waals surface area contributed by atoms with E-state index in [2.05, 4.69) is 22.2 Å². The van der Waals surface area contributed by atoms with Crippen LogP contribution in [-0.2, 0) is 45.4 Å². The lowest BCUT2D eigenvalue weighted by molar-refractivity contribution is -0.143. The Morgan fingerprint density at radius 2 is 1.74 bits per heavy atom. The maximum absolute atomic E-state index is 12.3. The Morgan fingerprint density at radius 1 is 1.12 bits per heavy atom.